The van der Waals surface area contributed by atoms with Gasteiger partial charge < -0.3 is 9.88 Å². The number of carbonyl (C=O) groups excluding carboxylic acids is 1. The van der Waals surface area contributed by atoms with Crippen LogP contribution in [0.3, 0.4) is 0 Å². The molecule has 0 saturated heterocycles. The summed E-state index contributed by atoms with van der Waals surface area (Å²) in [4.78, 5) is 25.1. The highest BCUT2D eigenvalue weighted by atomic mass is 16.1. The lowest BCUT2D eigenvalue weighted by molar-refractivity contribution is 0.0952. The number of aromatic nitrogens is 5. The molecule has 0 fully saturated rings. The van der Waals surface area contributed by atoms with Crippen molar-refractivity contribution in [3.8, 4) is 5.82 Å². The van der Waals surface area contributed by atoms with E-state index < -0.39 is 0 Å². The van der Waals surface area contributed by atoms with Crippen LogP contribution in [0, 0.1) is 6.92 Å². The molecule has 3 aromatic heterocycles. The van der Waals surface area contributed by atoms with E-state index in [-0.39, 0.29) is 5.91 Å². The molecule has 0 bridgehead atoms. The van der Waals surface area contributed by atoms with Gasteiger partial charge in [0, 0.05) is 31.7 Å². The summed E-state index contributed by atoms with van der Waals surface area (Å²) < 4.78 is 3.89. The van der Waals surface area contributed by atoms with Crippen molar-refractivity contribution in [1.82, 2.24) is 29.4 Å². The Balaban J connectivity index is 1.40. The number of nitrogens with one attached hydrogen (secondary N) is 1. The van der Waals surface area contributed by atoms with Crippen molar-refractivity contribution in [1.29, 1.82) is 0 Å². The number of rotatable bonds is 5. The zero-order valence-electron chi connectivity index (χ0n) is 14.3. The minimum atomic E-state index is -0.142. The molecule has 0 atom stereocenters. The molecule has 7 heteroatoms. The van der Waals surface area contributed by atoms with Crippen molar-refractivity contribution in [3.05, 3.63) is 72.7 Å². The van der Waals surface area contributed by atoms with Crippen LogP contribution in [0.25, 0.3) is 16.9 Å². The molecule has 7 nitrogen and oxygen atoms in total. The Kier molecular flexibility index (Phi) is 4.18. The van der Waals surface area contributed by atoms with Crippen LogP contribution in [-0.2, 0) is 6.54 Å². The maximum Gasteiger partial charge on any atom is 0.252 e. The normalized spacial score (nSPS) is 11.0. The Morgan fingerprint density at radius 3 is 2.85 bits per heavy atom. The molecule has 4 rings (SSSR count). The van der Waals surface area contributed by atoms with Crippen LogP contribution in [0.4, 0.5) is 0 Å². The zero-order chi connectivity index (χ0) is 17.9. The maximum atomic E-state index is 12.3. The number of hydrogen-bond acceptors (Lipinski definition) is 4. The molecule has 0 unspecified atom stereocenters. The van der Waals surface area contributed by atoms with Gasteiger partial charge in [-0.25, -0.2) is 15.0 Å². The van der Waals surface area contributed by atoms with Gasteiger partial charge in [0.1, 0.15) is 18.0 Å². The lowest BCUT2D eigenvalue weighted by Gasteiger charge is -2.09. The fraction of sp³-hybridized carbons (Fsp3) is 0.158. The molecular formula is C19H18N6O. The van der Waals surface area contributed by atoms with Crippen LogP contribution in [0.15, 0.2) is 61.3 Å². The van der Waals surface area contributed by atoms with Gasteiger partial charge in [-0.3, -0.25) is 9.36 Å². The second-order valence-corrected chi connectivity index (χ2v) is 5.93. The molecule has 26 heavy (non-hydrogen) atoms. The third kappa shape index (κ3) is 3.06. The Morgan fingerprint density at radius 1 is 1.19 bits per heavy atom. The number of pyridine rings is 1. The number of amides is 1. The van der Waals surface area contributed by atoms with E-state index in [0.717, 1.165) is 22.7 Å². The van der Waals surface area contributed by atoms with E-state index in [1.807, 2.05) is 31.2 Å². The van der Waals surface area contributed by atoms with E-state index in [2.05, 4.69) is 24.8 Å². The molecule has 4 aromatic rings. The van der Waals surface area contributed by atoms with Crippen LogP contribution < -0.4 is 5.32 Å². The molecular weight excluding hydrogens is 328 g/mol. The SMILES string of the molecule is Cc1nc2ccccc2n1CCNC(=O)c1ccc(-n2ccnc2)nc1. The molecule has 0 aliphatic rings. The van der Waals surface area contributed by atoms with Crippen molar-refractivity contribution < 1.29 is 4.79 Å². The van der Waals surface area contributed by atoms with Gasteiger partial charge in [-0.1, -0.05) is 12.1 Å². The van der Waals surface area contributed by atoms with Crippen molar-refractivity contribution in [3.63, 3.8) is 0 Å². The van der Waals surface area contributed by atoms with E-state index in [1.165, 1.54) is 0 Å². The Morgan fingerprint density at radius 2 is 2.08 bits per heavy atom. The first-order chi connectivity index (χ1) is 12.7. The standard InChI is InChI=1S/C19H18N6O/c1-14-23-16-4-2-3-5-17(16)25(14)11-9-21-19(26)15-6-7-18(22-12-15)24-10-8-20-13-24/h2-8,10,12-13H,9,11H2,1H3,(H,21,26). The minimum Gasteiger partial charge on any atom is -0.350 e. The van der Waals surface area contributed by atoms with Gasteiger partial charge in [-0.05, 0) is 31.2 Å². The van der Waals surface area contributed by atoms with Gasteiger partial charge in [0.25, 0.3) is 5.91 Å². The van der Waals surface area contributed by atoms with Gasteiger partial charge in [0.15, 0.2) is 0 Å². The monoisotopic (exact) mass is 346 g/mol. The summed E-state index contributed by atoms with van der Waals surface area (Å²) >= 11 is 0. The van der Waals surface area contributed by atoms with Crippen molar-refractivity contribution in [2.45, 2.75) is 13.5 Å². The average Bonchev–Trinajstić information content (AvgIpc) is 3.30. The largest absolute Gasteiger partial charge is 0.350 e. The predicted molar refractivity (Wildman–Crippen MR) is 98.2 cm³/mol. The number of carbonyl (C=O) groups is 1. The Labute approximate surface area is 150 Å². The van der Waals surface area contributed by atoms with Crippen LogP contribution in [0.1, 0.15) is 16.2 Å². The first-order valence-corrected chi connectivity index (χ1v) is 8.37. The fourth-order valence-electron chi connectivity index (χ4n) is 2.93. The van der Waals surface area contributed by atoms with Gasteiger partial charge in [0.2, 0.25) is 0 Å². The number of fused-ring (bicyclic) bond motifs is 1. The molecule has 130 valence electrons. The number of benzene rings is 1. The van der Waals surface area contributed by atoms with E-state index in [0.29, 0.717) is 18.7 Å². The Hall–Kier alpha value is -3.48. The average molecular weight is 346 g/mol. The summed E-state index contributed by atoms with van der Waals surface area (Å²) in [6.07, 6.45) is 6.73. The highest BCUT2D eigenvalue weighted by Gasteiger charge is 2.09. The number of para-hydroxylation sites is 2. The third-order valence-electron chi connectivity index (χ3n) is 4.25. The number of imidazole rings is 2. The summed E-state index contributed by atoms with van der Waals surface area (Å²) in [5, 5.41) is 2.94. The first-order valence-electron chi connectivity index (χ1n) is 8.37. The molecule has 1 aromatic carbocycles. The maximum absolute atomic E-state index is 12.3. The highest BCUT2D eigenvalue weighted by molar-refractivity contribution is 5.93. The molecule has 0 saturated carbocycles. The summed E-state index contributed by atoms with van der Waals surface area (Å²) in [6.45, 7) is 3.16. The van der Waals surface area contributed by atoms with Gasteiger partial charge in [-0.15, -0.1) is 0 Å². The van der Waals surface area contributed by atoms with Crippen LogP contribution in [0.2, 0.25) is 0 Å². The van der Waals surface area contributed by atoms with E-state index in [4.69, 9.17) is 0 Å². The predicted octanol–water partition coefficient (Wildman–Crippen LogP) is 2.36. The first kappa shape index (κ1) is 16.0. The van der Waals surface area contributed by atoms with Crippen LogP contribution >= 0.6 is 0 Å². The summed E-state index contributed by atoms with van der Waals surface area (Å²) in [5.41, 5.74) is 2.57. The molecule has 1 N–H and O–H groups in total. The zero-order valence-corrected chi connectivity index (χ0v) is 14.3. The van der Waals surface area contributed by atoms with Crippen molar-refractivity contribution in [2.24, 2.45) is 0 Å². The third-order valence-corrected chi connectivity index (χ3v) is 4.25. The lowest BCUT2D eigenvalue weighted by Crippen LogP contribution is -2.27. The van der Waals surface area contributed by atoms with Gasteiger partial charge >= 0.3 is 0 Å². The number of nitrogens with zero attached hydrogens (tertiary/aromatic N) is 5. The fourth-order valence-corrected chi connectivity index (χ4v) is 2.93. The summed E-state index contributed by atoms with van der Waals surface area (Å²) in [7, 11) is 0. The molecule has 0 radical (unpaired) electrons. The van der Waals surface area contributed by atoms with E-state index >= 15 is 0 Å². The molecule has 0 spiro atoms. The molecule has 0 aliphatic carbocycles. The molecule has 1 amide bonds. The topological polar surface area (TPSA) is 77.6 Å². The van der Waals surface area contributed by atoms with Crippen LogP contribution in [-0.4, -0.2) is 36.5 Å². The second kappa shape index (κ2) is 6.79. The van der Waals surface area contributed by atoms with Crippen LogP contribution in [0.5, 0.6) is 0 Å². The van der Waals surface area contributed by atoms with E-state index in [9.17, 15) is 4.79 Å². The smallest absolute Gasteiger partial charge is 0.252 e. The van der Waals surface area contributed by atoms with Crippen molar-refractivity contribution in [2.75, 3.05) is 6.54 Å². The Bertz CT molecular complexity index is 1030. The van der Waals surface area contributed by atoms with Crippen molar-refractivity contribution >= 4 is 16.9 Å². The van der Waals surface area contributed by atoms with Gasteiger partial charge in [0.05, 0.1) is 16.6 Å². The summed E-state index contributed by atoms with van der Waals surface area (Å²) in [5.74, 6) is 1.52. The quantitative estimate of drug-likeness (QED) is 0.602. The lowest BCUT2D eigenvalue weighted by atomic mass is 10.2. The minimum absolute atomic E-state index is 0.142. The molecule has 3 heterocycles. The number of hydrogen-bond donors (Lipinski definition) is 1. The summed E-state index contributed by atoms with van der Waals surface area (Å²) in [6, 6.07) is 11.5. The highest BCUT2D eigenvalue weighted by Crippen LogP contribution is 2.14. The van der Waals surface area contributed by atoms with E-state index in [1.54, 1.807) is 41.6 Å². The van der Waals surface area contributed by atoms with Gasteiger partial charge in [-0.2, -0.15) is 0 Å². The second-order valence-electron chi connectivity index (χ2n) is 5.93. The number of aryl methyl sites for hydroxylation is 1. The molecule has 0 aliphatic heterocycles.